The molecule has 1 N–H and O–H groups in total. The van der Waals surface area contributed by atoms with E-state index in [1.807, 2.05) is 12.1 Å². The molecule has 2 rings (SSSR count). The molecule has 0 radical (unpaired) electrons. The van der Waals surface area contributed by atoms with Crippen LogP contribution in [0.25, 0.3) is 0 Å². The molecule has 1 aromatic rings. The average molecular weight is 222 g/mol. The van der Waals surface area contributed by atoms with E-state index >= 15 is 0 Å². The van der Waals surface area contributed by atoms with E-state index < -0.39 is 0 Å². The Bertz CT molecular complexity index is 323. The molecule has 0 unspecified atom stereocenters. The molecule has 1 atom stereocenters. The Morgan fingerprint density at radius 2 is 2.12 bits per heavy atom. The third-order valence-electron chi connectivity index (χ3n) is 3.29. The molecule has 0 aliphatic carbocycles. The molecule has 0 bridgehead atoms. The Hall–Kier alpha value is -0.930. The van der Waals surface area contributed by atoms with Crippen molar-refractivity contribution in [1.29, 1.82) is 0 Å². The summed E-state index contributed by atoms with van der Waals surface area (Å²) in [5.74, 6) is -0.167. The van der Waals surface area contributed by atoms with Gasteiger partial charge < -0.3 is 10.2 Å². The third kappa shape index (κ3) is 3.03. The monoisotopic (exact) mass is 222 g/mol. The van der Waals surface area contributed by atoms with Crippen LogP contribution in [0.2, 0.25) is 0 Å². The van der Waals surface area contributed by atoms with Crippen molar-refractivity contribution in [3.8, 4) is 0 Å². The highest BCUT2D eigenvalue weighted by Gasteiger charge is 2.19. The molecule has 0 saturated carbocycles. The fourth-order valence-corrected chi connectivity index (χ4v) is 2.22. The minimum absolute atomic E-state index is 0.167. The molecular formula is C13H19FN2. The summed E-state index contributed by atoms with van der Waals surface area (Å²) in [6.07, 6.45) is 2.59. The number of hydrogen-bond donors (Lipinski definition) is 1. The van der Waals surface area contributed by atoms with Crippen LogP contribution in [-0.4, -0.2) is 31.1 Å². The van der Waals surface area contributed by atoms with E-state index in [2.05, 4.69) is 17.3 Å². The maximum atomic E-state index is 12.7. The van der Waals surface area contributed by atoms with Crippen molar-refractivity contribution < 1.29 is 4.39 Å². The third-order valence-corrected chi connectivity index (χ3v) is 3.29. The molecule has 1 saturated heterocycles. The smallest absolute Gasteiger partial charge is 0.123 e. The molecular weight excluding hydrogens is 203 g/mol. The summed E-state index contributed by atoms with van der Waals surface area (Å²) in [6.45, 7) is 3.06. The summed E-state index contributed by atoms with van der Waals surface area (Å²) in [4.78, 5) is 2.40. The van der Waals surface area contributed by atoms with Crippen LogP contribution in [0.5, 0.6) is 0 Å². The van der Waals surface area contributed by atoms with Gasteiger partial charge in [-0.2, -0.15) is 0 Å². The Balaban J connectivity index is 1.73. The second kappa shape index (κ2) is 5.41. The quantitative estimate of drug-likeness (QED) is 0.838. The fourth-order valence-electron chi connectivity index (χ4n) is 2.22. The molecule has 1 fully saturated rings. The number of likely N-dealkylation sites (N-methyl/N-ethyl adjacent to an activating group) is 1. The van der Waals surface area contributed by atoms with Crippen molar-refractivity contribution in [3.63, 3.8) is 0 Å². The van der Waals surface area contributed by atoms with E-state index in [9.17, 15) is 4.39 Å². The normalized spacial score (nSPS) is 21.5. The lowest BCUT2D eigenvalue weighted by atomic mass is 10.2. The lowest BCUT2D eigenvalue weighted by molar-refractivity contribution is 0.300. The van der Waals surface area contributed by atoms with E-state index in [1.165, 1.54) is 31.5 Å². The largest absolute Gasteiger partial charge is 0.311 e. The minimum Gasteiger partial charge on any atom is -0.311 e. The standard InChI is InChI=1S/C13H19FN2/c1-16-8-2-3-13(16)10-15-9-11-4-6-12(14)7-5-11/h4-7,13,15H,2-3,8-10H2,1H3/t13-/m1/s1. The van der Waals surface area contributed by atoms with Crippen molar-refractivity contribution in [1.82, 2.24) is 10.2 Å². The summed E-state index contributed by atoms with van der Waals surface area (Å²) >= 11 is 0. The van der Waals surface area contributed by atoms with Gasteiger partial charge in [0.25, 0.3) is 0 Å². The van der Waals surface area contributed by atoms with Crippen LogP contribution in [0.4, 0.5) is 4.39 Å². The highest BCUT2D eigenvalue weighted by molar-refractivity contribution is 5.15. The molecule has 88 valence electrons. The summed E-state index contributed by atoms with van der Waals surface area (Å²) in [7, 11) is 2.18. The van der Waals surface area contributed by atoms with Gasteiger partial charge in [0.1, 0.15) is 5.82 Å². The highest BCUT2D eigenvalue weighted by atomic mass is 19.1. The first-order valence-electron chi connectivity index (χ1n) is 5.91. The van der Waals surface area contributed by atoms with Crippen LogP contribution >= 0.6 is 0 Å². The molecule has 1 heterocycles. The first-order valence-corrected chi connectivity index (χ1v) is 5.91. The zero-order valence-corrected chi connectivity index (χ0v) is 9.75. The van der Waals surface area contributed by atoms with Gasteiger partial charge in [-0.3, -0.25) is 0 Å². The van der Waals surface area contributed by atoms with E-state index in [0.29, 0.717) is 6.04 Å². The molecule has 1 aromatic carbocycles. The van der Waals surface area contributed by atoms with Crippen LogP contribution < -0.4 is 5.32 Å². The van der Waals surface area contributed by atoms with E-state index in [0.717, 1.165) is 18.7 Å². The topological polar surface area (TPSA) is 15.3 Å². The van der Waals surface area contributed by atoms with E-state index in [4.69, 9.17) is 0 Å². The predicted octanol–water partition coefficient (Wildman–Crippen LogP) is 2.01. The molecule has 2 nitrogen and oxygen atoms in total. The van der Waals surface area contributed by atoms with Gasteiger partial charge >= 0.3 is 0 Å². The number of nitrogens with zero attached hydrogens (tertiary/aromatic N) is 1. The number of hydrogen-bond acceptors (Lipinski definition) is 2. The summed E-state index contributed by atoms with van der Waals surface area (Å²) in [5, 5.41) is 3.43. The number of benzene rings is 1. The first kappa shape index (κ1) is 11.6. The summed E-state index contributed by atoms with van der Waals surface area (Å²) in [6, 6.07) is 7.36. The molecule has 1 aliphatic heterocycles. The zero-order valence-electron chi connectivity index (χ0n) is 9.75. The van der Waals surface area contributed by atoms with Crippen LogP contribution in [-0.2, 0) is 6.54 Å². The molecule has 16 heavy (non-hydrogen) atoms. The van der Waals surface area contributed by atoms with Crippen molar-refractivity contribution >= 4 is 0 Å². The molecule has 0 amide bonds. The van der Waals surface area contributed by atoms with Crippen LogP contribution in [0, 0.1) is 5.82 Å². The number of halogens is 1. The minimum atomic E-state index is -0.167. The SMILES string of the molecule is CN1CCC[C@@H]1CNCc1ccc(F)cc1. The maximum Gasteiger partial charge on any atom is 0.123 e. The van der Waals surface area contributed by atoms with Crippen LogP contribution in [0.15, 0.2) is 24.3 Å². The van der Waals surface area contributed by atoms with Gasteiger partial charge in [0, 0.05) is 19.1 Å². The summed E-state index contributed by atoms with van der Waals surface area (Å²) in [5.41, 5.74) is 1.14. The second-order valence-corrected chi connectivity index (χ2v) is 4.53. The van der Waals surface area contributed by atoms with E-state index in [-0.39, 0.29) is 5.82 Å². The maximum absolute atomic E-state index is 12.7. The predicted molar refractivity (Wildman–Crippen MR) is 63.8 cm³/mol. The lowest BCUT2D eigenvalue weighted by Gasteiger charge is -2.19. The Labute approximate surface area is 96.5 Å². The van der Waals surface area contributed by atoms with Crippen molar-refractivity contribution in [2.75, 3.05) is 20.1 Å². The van der Waals surface area contributed by atoms with Gasteiger partial charge in [-0.1, -0.05) is 12.1 Å². The first-order chi connectivity index (χ1) is 7.75. The number of likely N-dealkylation sites (tertiary alicyclic amines) is 1. The zero-order chi connectivity index (χ0) is 11.4. The number of nitrogens with one attached hydrogen (secondary N) is 1. The average Bonchev–Trinajstić information content (AvgIpc) is 2.68. The van der Waals surface area contributed by atoms with Gasteiger partial charge in [0.2, 0.25) is 0 Å². The molecule has 0 aromatic heterocycles. The van der Waals surface area contributed by atoms with E-state index in [1.54, 1.807) is 0 Å². The van der Waals surface area contributed by atoms with Crippen LogP contribution in [0.1, 0.15) is 18.4 Å². The second-order valence-electron chi connectivity index (χ2n) is 4.53. The molecule has 0 spiro atoms. The Kier molecular flexibility index (Phi) is 3.91. The molecule has 1 aliphatic rings. The van der Waals surface area contributed by atoms with Crippen molar-refractivity contribution in [2.24, 2.45) is 0 Å². The summed E-state index contributed by atoms with van der Waals surface area (Å²) < 4.78 is 12.7. The lowest BCUT2D eigenvalue weighted by Crippen LogP contribution is -2.35. The van der Waals surface area contributed by atoms with Gasteiger partial charge in [-0.25, -0.2) is 4.39 Å². The molecule has 3 heteroatoms. The van der Waals surface area contributed by atoms with Crippen LogP contribution in [0.3, 0.4) is 0 Å². The van der Waals surface area contributed by atoms with Crippen molar-refractivity contribution in [3.05, 3.63) is 35.6 Å². The number of rotatable bonds is 4. The van der Waals surface area contributed by atoms with Gasteiger partial charge in [-0.05, 0) is 44.1 Å². The fraction of sp³-hybridized carbons (Fsp3) is 0.538. The Morgan fingerprint density at radius 1 is 1.38 bits per heavy atom. The van der Waals surface area contributed by atoms with Gasteiger partial charge in [0.05, 0.1) is 0 Å². The van der Waals surface area contributed by atoms with Gasteiger partial charge in [-0.15, -0.1) is 0 Å². The van der Waals surface area contributed by atoms with Gasteiger partial charge in [0.15, 0.2) is 0 Å². The highest BCUT2D eigenvalue weighted by Crippen LogP contribution is 2.13. The Morgan fingerprint density at radius 3 is 2.75 bits per heavy atom. The van der Waals surface area contributed by atoms with Crippen molar-refractivity contribution in [2.45, 2.75) is 25.4 Å².